The second-order valence-electron chi connectivity index (χ2n) is 5.54. The Kier molecular flexibility index (Phi) is 4.41. The van der Waals surface area contributed by atoms with Gasteiger partial charge in [-0.2, -0.15) is 0 Å². The molecule has 5 nitrogen and oxygen atoms in total. The van der Waals surface area contributed by atoms with E-state index in [-0.39, 0.29) is 6.61 Å². The van der Waals surface area contributed by atoms with Crippen molar-refractivity contribution < 1.29 is 17.9 Å². The van der Waals surface area contributed by atoms with Gasteiger partial charge in [0.1, 0.15) is 0 Å². The van der Waals surface area contributed by atoms with Gasteiger partial charge in [0, 0.05) is 6.20 Å². The standard InChI is InChI=1S/C13H19FN2O3S/c1-10-4-2-6-13(8-10,9-17)16-20(18,19)12-11(14)5-3-7-15-12/h3,5,7,10,16-17H,2,4,6,8-9H2,1H3. The molecule has 1 fully saturated rings. The number of pyridine rings is 1. The monoisotopic (exact) mass is 302 g/mol. The molecule has 0 spiro atoms. The van der Waals surface area contributed by atoms with Crippen LogP contribution in [-0.2, 0) is 10.0 Å². The number of aliphatic hydroxyl groups is 1. The van der Waals surface area contributed by atoms with Crippen LogP contribution in [0.2, 0.25) is 0 Å². The Labute approximate surface area is 118 Å². The molecule has 1 aliphatic carbocycles. The zero-order chi connectivity index (χ0) is 14.8. The first kappa shape index (κ1) is 15.3. The SMILES string of the molecule is CC1CCCC(CO)(NS(=O)(=O)c2ncccc2F)C1. The van der Waals surface area contributed by atoms with Crippen LogP contribution in [0, 0.1) is 11.7 Å². The summed E-state index contributed by atoms with van der Waals surface area (Å²) < 4.78 is 40.6. The van der Waals surface area contributed by atoms with Gasteiger partial charge in [-0.1, -0.05) is 19.8 Å². The minimum absolute atomic E-state index is 0.301. The Hall–Kier alpha value is -1.05. The highest BCUT2D eigenvalue weighted by atomic mass is 32.2. The number of nitrogens with one attached hydrogen (secondary N) is 1. The Morgan fingerprint density at radius 3 is 2.95 bits per heavy atom. The fraction of sp³-hybridized carbons (Fsp3) is 0.615. The van der Waals surface area contributed by atoms with Crippen molar-refractivity contribution in [2.45, 2.75) is 43.2 Å². The Balaban J connectivity index is 2.29. The van der Waals surface area contributed by atoms with Crippen molar-refractivity contribution in [3.63, 3.8) is 0 Å². The first-order valence-corrected chi connectivity index (χ1v) is 8.12. The van der Waals surface area contributed by atoms with E-state index < -0.39 is 26.4 Å². The van der Waals surface area contributed by atoms with Gasteiger partial charge in [-0.15, -0.1) is 0 Å². The van der Waals surface area contributed by atoms with Crippen LogP contribution in [-0.4, -0.2) is 30.7 Å². The van der Waals surface area contributed by atoms with Crippen LogP contribution in [0.4, 0.5) is 4.39 Å². The van der Waals surface area contributed by atoms with Gasteiger partial charge >= 0.3 is 0 Å². The number of aromatic nitrogens is 1. The number of hydrogen-bond acceptors (Lipinski definition) is 4. The van der Waals surface area contributed by atoms with E-state index in [2.05, 4.69) is 9.71 Å². The van der Waals surface area contributed by atoms with Crippen LogP contribution in [0.3, 0.4) is 0 Å². The first-order chi connectivity index (χ1) is 9.38. The Morgan fingerprint density at radius 2 is 2.35 bits per heavy atom. The van der Waals surface area contributed by atoms with E-state index >= 15 is 0 Å². The number of rotatable bonds is 4. The summed E-state index contributed by atoms with van der Waals surface area (Å²) in [6, 6.07) is 2.38. The highest BCUT2D eigenvalue weighted by Crippen LogP contribution is 2.33. The average molecular weight is 302 g/mol. The molecule has 2 atom stereocenters. The second-order valence-corrected chi connectivity index (χ2v) is 7.13. The maximum absolute atomic E-state index is 13.6. The summed E-state index contributed by atoms with van der Waals surface area (Å²) in [6.07, 6.45) is 4.14. The summed E-state index contributed by atoms with van der Waals surface area (Å²) in [5.74, 6) is -0.580. The van der Waals surface area contributed by atoms with E-state index in [4.69, 9.17) is 0 Å². The molecule has 0 saturated heterocycles. The molecule has 112 valence electrons. The lowest BCUT2D eigenvalue weighted by atomic mass is 9.78. The normalized spacial score (nSPS) is 27.4. The third-order valence-electron chi connectivity index (χ3n) is 3.72. The van der Waals surface area contributed by atoms with E-state index in [0.717, 1.165) is 18.9 Å². The van der Waals surface area contributed by atoms with Crippen LogP contribution in [0.1, 0.15) is 32.6 Å². The highest BCUT2D eigenvalue weighted by Gasteiger charge is 2.39. The number of halogens is 1. The molecule has 0 aromatic carbocycles. The highest BCUT2D eigenvalue weighted by molar-refractivity contribution is 7.89. The maximum Gasteiger partial charge on any atom is 0.261 e. The van der Waals surface area contributed by atoms with E-state index in [9.17, 15) is 17.9 Å². The minimum atomic E-state index is -4.08. The van der Waals surface area contributed by atoms with Gasteiger partial charge in [-0.25, -0.2) is 22.5 Å². The van der Waals surface area contributed by atoms with Crippen molar-refractivity contribution in [1.82, 2.24) is 9.71 Å². The molecule has 1 aromatic heterocycles. The molecular weight excluding hydrogens is 283 g/mol. The van der Waals surface area contributed by atoms with Crippen molar-refractivity contribution in [2.75, 3.05) is 6.61 Å². The van der Waals surface area contributed by atoms with Crippen molar-refractivity contribution >= 4 is 10.0 Å². The fourth-order valence-corrected chi connectivity index (χ4v) is 4.27. The van der Waals surface area contributed by atoms with Crippen LogP contribution in [0.5, 0.6) is 0 Å². The lowest BCUT2D eigenvalue weighted by Crippen LogP contribution is -2.53. The van der Waals surface area contributed by atoms with Gasteiger partial charge in [0.15, 0.2) is 5.82 Å². The van der Waals surface area contributed by atoms with Gasteiger partial charge in [0.2, 0.25) is 5.03 Å². The van der Waals surface area contributed by atoms with Crippen LogP contribution >= 0.6 is 0 Å². The molecule has 2 N–H and O–H groups in total. The van der Waals surface area contributed by atoms with E-state index in [1.165, 1.54) is 12.3 Å². The van der Waals surface area contributed by atoms with Crippen LogP contribution in [0.25, 0.3) is 0 Å². The van der Waals surface area contributed by atoms with Crippen LogP contribution < -0.4 is 4.72 Å². The summed E-state index contributed by atoms with van der Waals surface area (Å²) in [7, 11) is -4.08. The van der Waals surface area contributed by atoms with Gasteiger partial charge in [0.05, 0.1) is 12.1 Å². The smallest absolute Gasteiger partial charge is 0.261 e. The van der Waals surface area contributed by atoms with Gasteiger partial charge in [0.25, 0.3) is 10.0 Å². The number of hydrogen-bond donors (Lipinski definition) is 2. The summed E-state index contributed by atoms with van der Waals surface area (Å²) in [4.78, 5) is 3.59. The Morgan fingerprint density at radius 1 is 1.60 bits per heavy atom. The summed E-state index contributed by atoms with van der Waals surface area (Å²) in [5.41, 5.74) is -0.916. The number of nitrogens with zero attached hydrogens (tertiary/aromatic N) is 1. The lowest BCUT2D eigenvalue weighted by Gasteiger charge is -2.38. The fourth-order valence-electron chi connectivity index (χ4n) is 2.83. The third-order valence-corrected chi connectivity index (χ3v) is 5.24. The van der Waals surface area contributed by atoms with Crippen molar-refractivity contribution in [1.29, 1.82) is 0 Å². The van der Waals surface area contributed by atoms with Gasteiger partial charge < -0.3 is 5.11 Å². The molecule has 0 aliphatic heterocycles. The summed E-state index contributed by atoms with van der Waals surface area (Å²) in [6.45, 7) is 1.71. The van der Waals surface area contributed by atoms with E-state index in [1.54, 1.807) is 0 Å². The molecular formula is C13H19FN2O3S. The largest absolute Gasteiger partial charge is 0.394 e. The molecule has 1 saturated carbocycles. The molecule has 20 heavy (non-hydrogen) atoms. The molecule has 0 bridgehead atoms. The summed E-state index contributed by atoms with van der Waals surface area (Å²) in [5, 5.41) is 8.98. The molecule has 7 heteroatoms. The maximum atomic E-state index is 13.6. The molecule has 1 aliphatic rings. The summed E-state index contributed by atoms with van der Waals surface area (Å²) >= 11 is 0. The predicted octanol–water partition coefficient (Wildman–Crippen LogP) is 1.44. The number of sulfonamides is 1. The van der Waals surface area contributed by atoms with Crippen molar-refractivity contribution in [3.8, 4) is 0 Å². The molecule has 0 amide bonds. The third kappa shape index (κ3) is 3.16. The molecule has 0 radical (unpaired) electrons. The van der Waals surface area contributed by atoms with Gasteiger partial charge in [-0.05, 0) is 30.9 Å². The van der Waals surface area contributed by atoms with E-state index in [1.807, 2.05) is 6.92 Å². The van der Waals surface area contributed by atoms with Crippen LogP contribution in [0.15, 0.2) is 23.4 Å². The number of aliphatic hydroxyl groups excluding tert-OH is 1. The zero-order valence-electron chi connectivity index (χ0n) is 11.3. The average Bonchev–Trinajstić information content (AvgIpc) is 2.38. The van der Waals surface area contributed by atoms with Crippen molar-refractivity contribution in [3.05, 3.63) is 24.1 Å². The lowest BCUT2D eigenvalue weighted by molar-refractivity contribution is 0.119. The second kappa shape index (κ2) is 5.75. The molecule has 2 unspecified atom stereocenters. The first-order valence-electron chi connectivity index (χ1n) is 6.64. The van der Waals surface area contributed by atoms with E-state index in [0.29, 0.717) is 18.8 Å². The Bertz CT molecular complexity index is 579. The van der Waals surface area contributed by atoms with Gasteiger partial charge in [-0.3, -0.25) is 0 Å². The molecule has 1 heterocycles. The topological polar surface area (TPSA) is 79.3 Å². The minimum Gasteiger partial charge on any atom is -0.394 e. The van der Waals surface area contributed by atoms with Crippen molar-refractivity contribution in [2.24, 2.45) is 5.92 Å². The molecule has 1 aromatic rings. The molecule has 2 rings (SSSR count). The predicted molar refractivity (Wildman–Crippen MR) is 72.0 cm³/mol. The quantitative estimate of drug-likeness (QED) is 0.882. The zero-order valence-corrected chi connectivity index (χ0v) is 12.2.